The molecule has 0 fully saturated rings. The number of hydrogen-bond donors (Lipinski definition) is 3. The first kappa shape index (κ1) is 22.7. The van der Waals surface area contributed by atoms with E-state index in [2.05, 4.69) is 0 Å². The van der Waals surface area contributed by atoms with Crippen LogP contribution < -0.4 is 0 Å². The Morgan fingerprint density at radius 1 is 1.12 bits per heavy atom. The van der Waals surface area contributed by atoms with Crippen LogP contribution in [-0.4, -0.2) is 14.7 Å². The molecule has 48 valence electrons. The van der Waals surface area contributed by atoms with Crippen LogP contribution >= 0.6 is 7.82 Å². The first-order valence-corrected chi connectivity index (χ1v) is 2.35. The Bertz CT molecular complexity index is 62.2. The average Bonchev–Trinajstić information content (AvgIpc) is 0.722. The number of hydrogen-bond acceptors (Lipinski definition) is 1. The Hall–Kier alpha value is 3.97. The van der Waals surface area contributed by atoms with Gasteiger partial charge in [0.2, 0.25) is 0 Å². The van der Waals surface area contributed by atoms with Gasteiger partial charge in [-0.1, -0.05) is 0 Å². The summed E-state index contributed by atoms with van der Waals surface area (Å²) in [5.74, 6) is 0. The first-order valence-electron chi connectivity index (χ1n) is 0.783. The van der Waals surface area contributed by atoms with Gasteiger partial charge in [-0.3, -0.25) is 0 Å². The quantitative estimate of drug-likeness (QED) is 0.351. The summed E-state index contributed by atoms with van der Waals surface area (Å²) < 4.78 is 8.88. The van der Waals surface area contributed by atoms with Gasteiger partial charge >= 0.3 is 7.82 Å². The average molecular weight is 536 g/mol. The molecule has 0 aliphatic rings. The maximum Gasteiger partial charge on any atom is 0.466 e. The van der Waals surface area contributed by atoms with E-state index in [-0.39, 0.29) is 116 Å². The third kappa shape index (κ3) is 50.9. The molecular formula is H3CeLaO4PTb. The van der Waals surface area contributed by atoms with Gasteiger partial charge in [-0.2, -0.15) is 0 Å². The van der Waals surface area contributed by atoms with E-state index < -0.39 is 7.82 Å². The van der Waals surface area contributed by atoms with Crippen molar-refractivity contribution in [2.45, 2.75) is 0 Å². The second kappa shape index (κ2) is 11.0. The van der Waals surface area contributed by atoms with Gasteiger partial charge in [0.05, 0.1) is 0 Å². The molecule has 0 saturated heterocycles. The minimum absolute atomic E-state index is 0. The maximum atomic E-state index is 8.88. The zero-order valence-electron chi connectivity index (χ0n) is 3.61. The molecule has 0 heterocycles. The van der Waals surface area contributed by atoms with Gasteiger partial charge in [0, 0.05) is 116 Å². The second-order valence-corrected chi connectivity index (χ2v) is 1.54. The first-order chi connectivity index (χ1) is 2.00. The van der Waals surface area contributed by atoms with Gasteiger partial charge in [0.25, 0.3) is 0 Å². The topological polar surface area (TPSA) is 77.8 Å². The van der Waals surface area contributed by atoms with Crippen molar-refractivity contribution in [3.8, 4) is 0 Å². The molecule has 0 aliphatic carbocycles. The molecule has 0 bridgehead atoms. The van der Waals surface area contributed by atoms with Crippen LogP contribution in [0, 0.1) is 116 Å². The molecule has 8 heavy (non-hydrogen) atoms. The van der Waals surface area contributed by atoms with E-state index in [4.69, 9.17) is 19.2 Å². The van der Waals surface area contributed by atoms with Gasteiger partial charge < -0.3 is 14.7 Å². The van der Waals surface area contributed by atoms with E-state index in [1.54, 1.807) is 0 Å². The molecule has 0 unspecified atom stereocenters. The van der Waals surface area contributed by atoms with Crippen molar-refractivity contribution >= 4 is 7.82 Å². The Morgan fingerprint density at radius 2 is 1.12 bits per heavy atom. The SMILES string of the molecule is O=P(O)(O)O.[Ce].[La].[Tb]. The monoisotopic (exact) mass is 536 g/mol. The molecule has 4 nitrogen and oxygen atoms in total. The fourth-order valence-electron chi connectivity index (χ4n) is 0. The van der Waals surface area contributed by atoms with Crippen LogP contribution in [0.3, 0.4) is 0 Å². The zero-order chi connectivity index (χ0) is 4.50. The van der Waals surface area contributed by atoms with E-state index in [1.807, 2.05) is 0 Å². The van der Waals surface area contributed by atoms with Crippen molar-refractivity contribution < 1.29 is 135 Å². The largest absolute Gasteiger partial charge is 0.466 e. The fourth-order valence-corrected chi connectivity index (χ4v) is 0. The second-order valence-electron chi connectivity index (χ2n) is 0.513. The van der Waals surface area contributed by atoms with Crippen LogP contribution in [0.15, 0.2) is 0 Å². The summed E-state index contributed by atoms with van der Waals surface area (Å²) in [5, 5.41) is 0. The molecular weight excluding hydrogens is 533 g/mol. The van der Waals surface area contributed by atoms with Crippen LogP contribution in [0.5, 0.6) is 0 Å². The summed E-state index contributed by atoms with van der Waals surface area (Å²) in [5.41, 5.74) is 0. The fraction of sp³-hybridized carbons (Fsp3) is 0. The van der Waals surface area contributed by atoms with Crippen LogP contribution in [0.25, 0.3) is 0 Å². The standard InChI is InChI=1S/Ce.La.H3O4P.Tb/c;;1-5(2,3)4;/h;;(H3,1,2,3,4);. The summed E-state index contributed by atoms with van der Waals surface area (Å²) in [6.07, 6.45) is 0. The van der Waals surface area contributed by atoms with Crippen molar-refractivity contribution in [1.29, 1.82) is 0 Å². The van der Waals surface area contributed by atoms with Crippen LogP contribution in [-0.2, 0) is 4.57 Å². The Balaban J connectivity index is -0.0000000267. The minimum atomic E-state index is -4.64. The van der Waals surface area contributed by atoms with Crippen molar-refractivity contribution in [1.82, 2.24) is 0 Å². The molecule has 0 amide bonds. The normalized spacial score (nSPS) is 7.38. The molecule has 0 atom stereocenters. The van der Waals surface area contributed by atoms with Crippen LogP contribution in [0.4, 0.5) is 0 Å². The molecule has 3 N–H and O–H groups in total. The third-order valence-corrected chi connectivity index (χ3v) is 0. The zero-order valence-corrected chi connectivity index (χ0v) is 13.4. The molecule has 2 radical (unpaired) electrons. The van der Waals surface area contributed by atoms with Crippen molar-refractivity contribution in [3.63, 3.8) is 0 Å². The summed E-state index contributed by atoms with van der Waals surface area (Å²) >= 11 is 0. The molecule has 0 saturated carbocycles. The predicted molar refractivity (Wildman–Crippen MR) is 14.3 cm³/mol. The van der Waals surface area contributed by atoms with Gasteiger partial charge in [0.1, 0.15) is 0 Å². The molecule has 0 spiro atoms. The molecule has 0 aliphatic heterocycles. The number of phosphoric acid groups is 1. The summed E-state index contributed by atoms with van der Waals surface area (Å²) in [6.45, 7) is 0. The van der Waals surface area contributed by atoms with E-state index in [0.29, 0.717) is 0 Å². The third-order valence-electron chi connectivity index (χ3n) is 0. The number of rotatable bonds is 0. The van der Waals surface area contributed by atoms with E-state index in [1.165, 1.54) is 0 Å². The summed E-state index contributed by atoms with van der Waals surface area (Å²) in [4.78, 5) is 21.6. The minimum Gasteiger partial charge on any atom is -0.303 e. The molecule has 0 aromatic rings. The van der Waals surface area contributed by atoms with E-state index >= 15 is 0 Å². The summed E-state index contributed by atoms with van der Waals surface area (Å²) in [6, 6.07) is 0. The van der Waals surface area contributed by atoms with E-state index in [9.17, 15) is 0 Å². The maximum absolute atomic E-state index is 8.88. The van der Waals surface area contributed by atoms with E-state index in [0.717, 1.165) is 0 Å². The van der Waals surface area contributed by atoms with Crippen LogP contribution in [0.2, 0.25) is 0 Å². The van der Waals surface area contributed by atoms with Gasteiger partial charge in [-0.15, -0.1) is 0 Å². The molecule has 0 rings (SSSR count). The van der Waals surface area contributed by atoms with Gasteiger partial charge in [-0.25, -0.2) is 4.57 Å². The van der Waals surface area contributed by atoms with Crippen molar-refractivity contribution in [2.24, 2.45) is 0 Å². The Morgan fingerprint density at radius 3 is 1.12 bits per heavy atom. The predicted octanol–water partition coefficient (Wildman–Crippen LogP) is -0.929. The Labute approximate surface area is 139 Å². The molecule has 0 aromatic heterocycles. The van der Waals surface area contributed by atoms with Crippen LogP contribution in [0.1, 0.15) is 0 Å². The Kier molecular flexibility index (Phi) is 31.1. The smallest absolute Gasteiger partial charge is 0.303 e. The van der Waals surface area contributed by atoms with Crippen molar-refractivity contribution in [3.05, 3.63) is 0 Å². The summed E-state index contributed by atoms with van der Waals surface area (Å²) in [7, 11) is -4.64. The van der Waals surface area contributed by atoms with Crippen molar-refractivity contribution in [2.75, 3.05) is 0 Å². The molecule has 8 heteroatoms. The van der Waals surface area contributed by atoms with Gasteiger partial charge in [0.15, 0.2) is 0 Å². The molecule has 0 aromatic carbocycles. The van der Waals surface area contributed by atoms with Gasteiger partial charge in [-0.05, 0) is 0 Å².